The lowest BCUT2D eigenvalue weighted by molar-refractivity contribution is 0.242. The molecule has 0 atom stereocenters. The van der Waals surface area contributed by atoms with Crippen molar-refractivity contribution in [2.75, 3.05) is 32.7 Å². The number of hydrogen-bond acceptors (Lipinski definition) is 2. The Morgan fingerprint density at radius 2 is 1.22 bits per heavy atom. The van der Waals surface area contributed by atoms with Gasteiger partial charge in [-0.3, -0.25) is 0 Å². The molecule has 0 heterocycles. The van der Waals surface area contributed by atoms with E-state index in [2.05, 4.69) is 51.8 Å². The summed E-state index contributed by atoms with van der Waals surface area (Å²) in [7, 11) is 0. The average molecular weight is 256 g/mol. The molecule has 0 aliphatic rings. The molecule has 0 amide bonds. The monoisotopic (exact) mass is 256 g/mol. The quantitative estimate of drug-likeness (QED) is 0.568. The fourth-order valence-corrected chi connectivity index (χ4v) is 1.84. The van der Waals surface area contributed by atoms with Crippen LogP contribution in [0.3, 0.4) is 0 Å². The second kappa shape index (κ2) is 10.8. The minimum Gasteiger partial charge on any atom is -0.315 e. The molecule has 0 aliphatic heterocycles. The maximum atomic E-state index is 3.55. The summed E-state index contributed by atoms with van der Waals surface area (Å²) < 4.78 is 0. The van der Waals surface area contributed by atoms with E-state index in [0.29, 0.717) is 0 Å². The molecule has 0 bridgehead atoms. The highest BCUT2D eigenvalue weighted by Gasteiger charge is 2.07. The highest BCUT2D eigenvalue weighted by molar-refractivity contribution is 4.63. The molecule has 18 heavy (non-hydrogen) atoms. The summed E-state index contributed by atoms with van der Waals surface area (Å²) in [6, 6.07) is 0. The van der Waals surface area contributed by atoms with Crippen molar-refractivity contribution in [2.24, 2.45) is 17.8 Å². The van der Waals surface area contributed by atoms with Gasteiger partial charge in [-0.1, -0.05) is 41.5 Å². The van der Waals surface area contributed by atoms with Gasteiger partial charge in [0.05, 0.1) is 0 Å². The first-order chi connectivity index (χ1) is 8.41. The Hall–Kier alpha value is -0.0800. The lowest BCUT2D eigenvalue weighted by Crippen LogP contribution is -2.35. The minimum absolute atomic E-state index is 0.754. The van der Waals surface area contributed by atoms with E-state index in [1.807, 2.05) is 0 Å². The smallest absolute Gasteiger partial charge is 0.0107 e. The van der Waals surface area contributed by atoms with E-state index in [1.165, 1.54) is 32.5 Å². The fourth-order valence-electron chi connectivity index (χ4n) is 1.84. The molecule has 0 aromatic carbocycles. The Morgan fingerprint density at radius 1 is 0.722 bits per heavy atom. The van der Waals surface area contributed by atoms with Crippen molar-refractivity contribution in [1.82, 2.24) is 10.2 Å². The number of nitrogens with zero attached hydrogens (tertiary/aromatic N) is 1. The van der Waals surface area contributed by atoms with E-state index < -0.39 is 0 Å². The number of hydrogen-bond donors (Lipinski definition) is 1. The molecule has 0 aromatic rings. The maximum Gasteiger partial charge on any atom is 0.0107 e. The van der Waals surface area contributed by atoms with E-state index in [4.69, 9.17) is 0 Å². The summed E-state index contributed by atoms with van der Waals surface area (Å²) in [6.45, 7) is 19.8. The lowest BCUT2D eigenvalue weighted by Gasteiger charge is -2.24. The van der Waals surface area contributed by atoms with Crippen LogP contribution >= 0.6 is 0 Å². The summed E-state index contributed by atoms with van der Waals surface area (Å²) >= 11 is 0. The van der Waals surface area contributed by atoms with Crippen molar-refractivity contribution in [3.05, 3.63) is 0 Å². The van der Waals surface area contributed by atoms with Gasteiger partial charge in [0, 0.05) is 13.1 Å². The molecule has 0 saturated carbocycles. The molecule has 0 rings (SSSR count). The number of rotatable bonds is 11. The van der Waals surface area contributed by atoms with Crippen LogP contribution in [0.1, 0.15) is 54.4 Å². The zero-order valence-electron chi connectivity index (χ0n) is 13.6. The van der Waals surface area contributed by atoms with Gasteiger partial charge in [-0.25, -0.2) is 0 Å². The van der Waals surface area contributed by atoms with Crippen LogP contribution in [0.15, 0.2) is 0 Å². The van der Waals surface area contributed by atoms with Crippen LogP contribution in [0.2, 0.25) is 0 Å². The Morgan fingerprint density at radius 3 is 1.61 bits per heavy atom. The first-order valence-electron chi connectivity index (χ1n) is 7.84. The van der Waals surface area contributed by atoms with Gasteiger partial charge in [-0.05, 0) is 50.2 Å². The number of nitrogens with one attached hydrogen (secondary N) is 1. The first kappa shape index (κ1) is 17.9. The molecule has 0 fully saturated rings. The van der Waals surface area contributed by atoms with Crippen molar-refractivity contribution < 1.29 is 0 Å². The molecule has 0 spiro atoms. The third-order valence-electron chi connectivity index (χ3n) is 3.20. The first-order valence-corrected chi connectivity index (χ1v) is 7.84. The average Bonchev–Trinajstić information content (AvgIpc) is 2.25. The Kier molecular flexibility index (Phi) is 10.8. The highest BCUT2D eigenvalue weighted by Crippen LogP contribution is 2.06. The predicted octanol–water partition coefficient (Wildman–Crippen LogP) is 3.63. The zero-order valence-corrected chi connectivity index (χ0v) is 13.6. The van der Waals surface area contributed by atoms with Crippen LogP contribution in [-0.4, -0.2) is 37.6 Å². The van der Waals surface area contributed by atoms with Crippen LogP contribution in [0.4, 0.5) is 0 Å². The zero-order chi connectivity index (χ0) is 14.0. The molecule has 0 aromatic heterocycles. The standard InChI is InChI=1S/C16H36N2/c1-14(2)7-10-18(11-8-15(3)4)12-9-17-13-16(5)6/h14-17H,7-13H2,1-6H3. The summed E-state index contributed by atoms with van der Waals surface area (Å²) in [4.78, 5) is 2.63. The molecule has 2 nitrogen and oxygen atoms in total. The molecule has 0 unspecified atom stereocenters. The third kappa shape index (κ3) is 12.4. The maximum absolute atomic E-state index is 3.55. The molecule has 110 valence electrons. The molecule has 1 N–H and O–H groups in total. The molecule has 0 saturated heterocycles. The minimum atomic E-state index is 0.754. The highest BCUT2D eigenvalue weighted by atomic mass is 15.1. The Balaban J connectivity index is 3.81. The molecule has 0 aliphatic carbocycles. The van der Waals surface area contributed by atoms with Gasteiger partial charge in [-0.2, -0.15) is 0 Å². The van der Waals surface area contributed by atoms with Gasteiger partial charge >= 0.3 is 0 Å². The van der Waals surface area contributed by atoms with Crippen molar-refractivity contribution in [3.8, 4) is 0 Å². The van der Waals surface area contributed by atoms with Crippen LogP contribution in [0, 0.1) is 17.8 Å². The van der Waals surface area contributed by atoms with E-state index >= 15 is 0 Å². The van der Waals surface area contributed by atoms with Crippen LogP contribution in [-0.2, 0) is 0 Å². The van der Waals surface area contributed by atoms with E-state index in [1.54, 1.807) is 0 Å². The Labute approximate surface area is 116 Å². The summed E-state index contributed by atoms with van der Waals surface area (Å²) in [5.41, 5.74) is 0. The van der Waals surface area contributed by atoms with Crippen molar-refractivity contribution in [2.45, 2.75) is 54.4 Å². The van der Waals surface area contributed by atoms with Gasteiger partial charge in [0.2, 0.25) is 0 Å². The summed E-state index contributed by atoms with van der Waals surface area (Å²) in [5.74, 6) is 2.38. The van der Waals surface area contributed by atoms with Gasteiger partial charge < -0.3 is 10.2 Å². The van der Waals surface area contributed by atoms with Gasteiger partial charge in [0.1, 0.15) is 0 Å². The second-order valence-electron chi connectivity index (χ2n) is 6.80. The molecular formula is C16H36N2. The predicted molar refractivity (Wildman–Crippen MR) is 83.1 cm³/mol. The van der Waals surface area contributed by atoms with E-state index in [0.717, 1.165) is 30.8 Å². The Bertz CT molecular complexity index is 164. The summed E-state index contributed by atoms with van der Waals surface area (Å²) in [6.07, 6.45) is 2.64. The fraction of sp³-hybridized carbons (Fsp3) is 1.00. The van der Waals surface area contributed by atoms with Gasteiger partial charge in [0.25, 0.3) is 0 Å². The summed E-state index contributed by atoms with van der Waals surface area (Å²) in [5, 5.41) is 3.55. The third-order valence-corrected chi connectivity index (χ3v) is 3.20. The second-order valence-corrected chi connectivity index (χ2v) is 6.80. The van der Waals surface area contributed by atoms with Gasteiger partial charge in [-0.15, -0.1) is 0 Å². The topological polar surface area (TPSA) is 15.3 Å². The molecule has 2 heteroatoms. The largest absolute Gasteiger partial charge is 0.315 e. The lowest BCUT2D eigenvalue weighted by atomic mass is 10.1. The van der Waals surface area contributed by atoms with Gasteiger partial charge in [0.15, 0.2) is 0 Å². The van der Waals surface area contributed by atoms with Crippen molar-refractivity contribution in [1.29, 1.82) is 0 Å². The van der Waals surface area contributed by atoms with E-state index in [9.17, 15) is 0 Å². The van der Waals surface area contributed by atoms with E-state index in [-0.39, 0.29) is 0 Å². The SMILES string of the molecule is CC(C)CCN(CCNCC(C)C)CCC(C)C. The normalized spacial score (nSPS) is 12.3. The molecular weight excluding hydrogens is 220 g/mol. The molecule has 0 radical (unpaired) electrons. The van der Waals surface area contributed by atoms with Crippen molar-refractivity contribution >= 4 is 0 Å². The van der Waals surface area contributed by atoms with Crippen LogP contribution in [0.5, 0.6) is 0 Å². The van der Waals surface area contributed by atoms with Crippen molar-refractivity contribution in [3.63, 3.8) is 0 Å². The van der Waals surface area contributed by atoms with Crippen LogP contribution < -0.4 is 5.32 Å². The van der Waals surface area contributed by atoms with Crippen LogP contribution in [0.25, 0.3) is 0 Å².